The lowest BCUT2D eigenvalue weighted by molar-refractivity contribution is -0.139. The number of likely N-dealkylation sites (tertiary alicyclic amines) is 1. The molecule has 1 unspecified atom stereocenters. The molecule has 0 aromatic carbocycles. The van der Waals surface area contributed by atoms with Crippen molar-refractivity contribution in [3.05, 3.63) is 34.1 Å². The molecule has 2 saturated carbocycles. The number of hydrogen-bond donors (Lipinski definition) is 0. The maximum Gasteiger partial charge on any atom is 0.234 e. The van der Waals surface area contributed by atoms with E-state index in [2.05, 4.69) is 32.6 Å². The first kappa shape index (κ1) is 17.4. The van der Waals surface area contributed by atoms with E-state index in [-0.39, 0.29) is 5.41 Å². The van der Waals surface area contributed by atoms with Crippen LogP contribution >= 0.6 is 11.3 Å². The number of aromatic nitrogens is 2. The van der Waals surface area contributed by atoms with Crippen LogP contribution in [0.1, 0.15) is 73.9 Å². The topological polar surface area (TPSA) is 59.2 Å². The summed E-state index contributed by atoms with van der Waals surface area (Å²) in [7, 11) is 0. The van der Waals surface area contributed by atoms with Crippen LogP contribution in [0.15, 0.2) is 22.0 Å². The highest BCUT2D eigenvalue weighted by molar-refractivity contribution is 7.10. The number of hydrogen-bond acceptors (Lipinski definition) is 5. The average molecular weight is 386 g/mol. The first-order chi connectivity index (χ1) is 13.2. The molecule has 6 heteroatoms. The molecule has 5 rings (SSSR count). The maximum atomic E-state index is 13.6. The Bertz CT molecular complexity index is 790. The Hall–Kier alpha value is -1.69. The van der Waals surface area contributed by atoms with Gasteiger partial charge < -0.3 is 9.42 Å². The van der Waals surface area contributed by atoms with Crippen molar-refractivity contribution in [1.82, 2.24) is 15.0 Å². The van der Waals surface area contributed by atoms with E-state index >= 15 is 0 Å². The summed E-state index contributed by atoms with van der Waals surface area (Å²) in [6, 6.07) is 4.24. The van der Waals surface area contributed by atoms with Crippen molar-refractivity contribution in [1.29, 1.82) is 0 Å². The number of rotatable bonds is 5. The summed E-state index contributed by atoms with van der Waals surface area (Å²) < 4.78 is 5.48. The zero-order chi connectivity index (χ0) is 18.3. The minimum atomic E-state index is -0.264. The van der Waals surface area contributed by atoms with Gasteiger partial charge >= 0.3 is 0 Å². The summed E-state index contributed by atoms with van der Waals surface area (Å²) in [5, 5.41) is 6.25. The molecule has 2 aliphatic carbocycles. The molecule has 0 radical (unpaired) electrons. The van der Waals surface area contributed by atoms with Gasteiger partial charge in [0.15, 0.2) is 5.82 Å². The van der Waals surface area contributed by atoms with Gasteiger partial charge in [-0.15, -0.1) is 11.3 Å². The van der Waals surface area contributed by atoms with Gasteiger partial charge in [0.05, 0.1) is 5.41 Å². The minimum Gasteiger partial charge on any atom is -0.342 e. The molecule has 144 valence electrons. The molecule has 1 atom stereocenters. The highest BCUT2D eigenvalue weighted by atomic mass is 32.1. The fourth-order valence-electron chi connectivity index (χ4n) is 4.92. The minimum absolute atomic E-state index is 0.264. The lowest BCUT2D eigenvalue weighted by atomic mass is 9.81. The van der Waals surface area contributed by atoms with Crippen LogP contribution in [0.5, 0.6) is 0 Å². The Morgan fingerprint density at radius 2 is 2.11 bits per heavy atom. The number of carbonyl (C=O) groups is 1. The predicted molar refractivity (Wildman–Crippen MR) is 104 cm³/mol. The first-order valence-electron chi connectivity index (χ1n) is 10.4. The van der Waals surface area contributed by atoms with Crippen LogP contribution in [0.2, 0.25) is 0 Å². The Morgan fingerprint density at radius 3 is 2.85 bits per heavy atom. The standard InChI is InChI=1S/C21H27N3O2S/c25-20(21(9-1-2-10-21)17-6-4-12-27-17)24-11-3-5-15(14-24)13-18-22-19(23-26-18)16-7-8-16/h4,6,12,15-16H,1-3,5,7-11,13-14H2. The fraction of sp³-hybridized carbons (Fsp3) is 0.667. The smallest absolute Gasteiger partial charge is 0.234 e. The second-order valence-electron chi connectivity index (χ2n) is 8.55. The second kappa shape index (κ2) is 7.04. The molecular weight excluding hydrogens is 358 g/mol. The molecule has 2 aromatic heterocycles. The van der Waals surface area contributed by atoms with Crippen LogP contribution in [-0.4, -0.2) is 34.0 Å². The third-order valence-corrected chi connectivity index (χ3v) is 7.63. The molecule has 5 nitrogen and oxygen atoms in total. The highest BCUT2D eigenvalue weighted by Crippen LogP contribution is 2.45. The predicted octanol–water partition coefficient (Wildman–Crippen LogP) is 4.30. The maximum absolute atomic E-state index is 13.6. The molecule has 27 heavy (non-hydrogen) atoms. The van der Waals surface area contributed by atoms with Crippen LogP contribution in [0.3, 0.4) is 0 Å². The highest BCUT2D eigenvalue weighted by Gasteiger charge is 2.46. The second-order valence-corrected chi connectivity index (χ2v) is 9.50. The van der Waals surface area contributed by atoms with Crippen molar-refractivity contribution in [2.45, 2.75) is 69.1 Å². The molecule has 0 bridgehead atoms. The van der Waals surface area contributed by atoms with Crippen LogP contribution in [-0.2, 0) is 16.6 Å². The first-order valence-corrected chi connectivity index (χ1v) is 11.3. The molecular formula is C21H27N3O2S. The Kier molecular flexibility index (Phi) is 4.54. The average Bonchev–Trinajstić information content (AvgIpc) is 3.12. The van der Waals surface area contributed by atoms with Crippen LogP contribution in [0, 0.1) is 5.92 Å². The SMILES string of the molecule is O=C(N1CCCC(Cc2nc(C3CC3)no2)C1)C1(c2cccs2)CCCC1. The van der Waals surface area contributed by atoms with Gasteiger partial charge in [-0.3, -0.25) is 4.79 Å². The number of carbonyl (C=O) groups excluding carboxylic acids is 1. The van der Waals surface area contributed by atoms with E-state index < -0.39 is 0 Å². The van der Waals surface area contributed by atoms with Gasteiger partial charge in [0.2, 0.25) is 11.8 Å². The molecule has 3 fully saturated rings. The van der Waals surface area contributed by atoms with E-state index in [9.17, 15) is 4.79 Å². The number of amides is 1. The van der Waals surface area contributed by atoms with Gasteiger partial charge in [-0.1, -0.05) is 24.1 Å². The van der Waals surface area contributed by atoms with Gasteiger partial charge in [-0.2, -0.15) is 4.98 Å². The van der Waals surface area contributed by atoms with E-state index in [0.717, 1.165) is 69.8 Å². The molecule has 3 heterocycles. The normalized spacial score (nSPS) is 25.0. The summed E-state index contributed by atoms with van der Waals surface area (Å²) in [5.41, 5.74) is -0.264. The molecule has 1 amide bonds. The lowest BCUT2D eigenvalue weighted by Crippen LogP contribution is -2.49. The molecule has 3 aliphatic rings. The monoisotopic (exact) mass is 385 g/mol. The molecule has 0 spiro atoms. The van der Waals surface area contributed by atoms with Gasteiger partial charge in [0, 0.05) is 30.3 Å². The van der Waals surface area contributed by atoms with Crippen LogP contribution in [0.25, 0.3) is 0 Å². The third kappa shape index (κ3) is 3.33. The summed E-state index contributed by atoms with van der Waals surface area (Å²) in [4.78, 5) is 21.6. The number of thiophene rings is 1. The molecule has 0 N–H and O–H groups in total. The van der Waals surface area contributed by atoms with Crippen molar-refractivity contribution in [3.63, 3.8) is 0 Å². The number of piperidine rings is 1. The van der Waals surface area contributed by atoms with Gasteiger partial charge in [0.1, 0.15) is 0 Å². The summed E-state index contributed by atoms with van der Waals surface area (Å²) in [5.74, 6) is 2.95. The third-order valence-electron chi connectivity index (χ3n) is 6.56. The zero-order valence-electron chi connectivity index (χ0n) is 15.7. The van der Waals surface area contributed by atoms with E-state index in [4.69, 9.17) is 4.52 Å². The van der Waals surface area contributed by atoms with E-state index in [0.29, 0.717) is 17.7 Å². The van der Waals surface area contributed by atoms with E-state index in [1.807, 2.05) is 0 Å². The quantitative estimate of drug-likeness (QED) is 0.770. The van der Waals surface area contributed by atoms with Crippen molar-refractivity contribution in [2.24, 2.45) is 5.92 Å². The van der Waals surface area contributed by atoms with Crippen LogP contribution in [0.4, 0.5) is 0 Å². The van der Waals surface area contributed by atoms with E-state index in [1.165, 1.54) is 17.7 Å². The summed E-state index contributed by atoms with van der Waals surface area (Å²) >= 11 is 1.75. The van der Waals surface area contributed by atoms with Crippen molar-refractivity contribution in [3.8, 4) is 0 Å². The number of nitrogens with zero attached hydrogens (tertiary/aromatic N) is 3. The summed E-state index contributed by atoms with van der Waals surface area (Å²) in [6.07, 6.45) is 9.71. The fourth-order valence-corrected chi connectivity index (χ4v) is 5.90. The Balaban J connectivity index is 1.29. The van der Waals surface area contributed by atoms with E-state index in [1.54, 1.807) is 11.3 Å². The van der Waals surface area contributed by atoms with Crippen molar-refractivity contribution < 1.29 is 9.32 Å². The lowest BCUT2D eigenvalue weighted by Gasteiger charge is -2.38. The summed E-state index contributed by atoms with van der Waals surface area (Å²) in [6.45, 7) is 1.71. The van der Waals surface area contributed by atoms with Crippen molar-refractivity contribution >= 4 is 17.2 Å². The largest absolute Gasteiger partial charge is 0.342 e. The van der Waals surface area contributed by atoms with Gasteiger partial charge in [0.25, 0.3) is 0 Å². The molecule has 1 saturated heterocycles. The molecule has 1 aliphatic heterocycles. The van der Waals surface area contributed by atoms with Gasteiger partial charge in [-0.25, -0.2) is 0 Å². The van der Waals surface area contributed by atoms with Gasteiger partial charge in [-0.05, 0) is 55.9 Å². The van der Waals surface area contributed by atoms with Crippen LogP contribution < -0.4 is 0 Å². The Labute approximate surface area is 164 Å². The molecule has 2 aromatic rings. The Morgan fingerprint density at radius 1 is 1.26 bits per heavy atom. The van der Waals surface area contributed by atoms with Crippen molar-refractivity contribution in [2.75, 3.05) is 13.1 Å². The zero-order valence-corrected chi connectivity index (χ0v) is 16.5.